The van der Waals surface area contributed by atoms with Crippen LogP contribution in [-0.4, -0.2) is 24.2 Å². The number of anilines is 4. The fraction of sp³-hybridized carbons (Fsp3) is 0.111. The number of methoxy groups -OCH3 is 2. The number of aromatic nitrogens is 2. The molecule has 0 spiro atoms. The van der Waals surface area contributed by atoms with Crippen molar-refractivity contribution in [3.63, 3.8) is 0 Å². The second-order valence-electron chi connectivity index (χ2n) is 5.21. The van der Waals surface area contributed by atoms with Gasteiger partial charge in [0.15, 0.2) is 0 Å². The summed E-state index contributed by atoms with van der Waals surface area (Å²) in [6.45, 7) is 0. The highest BCUT2D eigenvalue weighted by atomic mass is 35.5. The summed E-state index contributed by atoms with van der Waals surface area (Å²) in [5, 5.41) is 7.37. The molecule has 0 saturated heterocycles. The van der Waals surface area contributed by atoms with Crippen LogP contribution in [-0.2, 0) is 0 Å². The normalized spacial score (nSPS) is 10.3. The topological polar surface area (TPSA) is 68.3 Å². The molecule has 0 aliphatic rings. The van der Waals surface area contributed by atoms with Gasteiger partial charge in [0.1, 0.15) is 17.3 Å². The smallest absolute Gasteiger partial charge is 0.229 e. The van der Waals surface area contributed by atoms with Crippen LogP contribution in [0.3, 0.4) is 0 Å². The summed E-state index contributed by atoms with van der Waals surface area (Å²) in [4.78, 5) is 8.66. The third kappa shape index (κ3) is 4.28. The second kappa shape index (κ2) is 8.12. The Balaban J connectivity index is 1.83. The van der Waals surface area contributed by atoms with E-state index in [1.165, 1.54) is 0 Å². The Morgan fingerprint density at radius 2 is 1.73 bits per heavy atom. The fourth-order valence-electron chi connectivity index (χ4n) is 2.24. The Kier molecular flexibility index (Phi) is 5.65. The van der Waals surface area contributed by atoms with E-state index >= 15 is 0 Å². The lowest BCUT2D eigenvalue weighted by Crippen LogP contribution is -2.02. The maximum atomic E-state index is 6.18. The summed E-state index contributed by atoms with van der Waals surface area (Å²) in [6.07, 6.45) is 1.63. The Bertz CT molecular complexity index is 921. The van der Waals surface area contributed by atoms with Gasteiger partial charge in [0, 0.05) is 17.3 Å². The van der Waals surface area contributed by atoms with Crippen molar-refractivity contribution in [3.05, 3.63) is 58.7 Å². The molecule has 0 saturated carbocycles. The van der Waals surface area contributed by atoms with Gasteiger partial charge in [-0.1, -0.05) is 23.2 Å². The van der Waals surface area contributed by atoms with Crippen molar-refractivity contribution in [2.75, 3.05) is 24.9 Å². The van der Waals surface area contributed by atoms with Gasteiger partial charge in [0.05, 0.1) is 30.6 Å². The molecule has 3 aromatic rings. The van der Waals surface area contributed by atoms with Gasteiger partial charge >= 0.3 is 0 Å². The Morgan fingerprint density at radius 1 is 0.885 bits per heavy atom. The van der Waals surface area contributed by atoms with Crippen molar-refractivity contribution in [1.82, 2.24) is 9.97 Å². The van der Waals surface area contributed by atoms with Crippen molar-refractivity contribution in [3.8, 4) is 11.5 Å². The van der Waals surface area contributed by atoms with Crippen LogP contribution in [0, 0.1) is 0 Å². The molecule has 8 heteroatoms. The predicted molar refractivity (Wildman–Crippen MR) is 105 cm³/mol. The molecular formula is C18H16Cl2N4O2. The summed E-state index contributed by atoms with van der Waals surface area (Å²) in [6, 6.07) is 12.3. The van der Waals surface area contributed by atoms with Gasteiger partial charge in [-0.25, -0.2) is 4.98 Å². The molecule has 0 bridgehead atoms. The highest BCUT2D eigenvalue weighted by Gasteiger charge is 2.08. The van der Waals surface area contributed by atoms with Gasteiger partial charge in [0.25, 0.3) is 0 Å². The van der Waals surface area contributed by atoms with Crippen LogP contribution in [0.2, 0.25) is 10.0 Å². The van der Waals surface area contributed by atoms with Gasteiger partial charge < -0.3 is 20.1 Å². The average Bonchev–Trinajstić information content (AvgIpc) is 2.65. The molecule has 0 aliphatic carbocycles. The summed E-state index contributed by atoms with van der Waals surface area (Å²) in [5.74, 6) is 2.28. The van der Waals surface area contributed by atoms with Gasteiger partial charge in [-0.2, -0.15) is 4.98 Å². The van der Waals surface area contributed by atoms with Crippen LogP contribution >= 0.6 is 23.2 Å². The molecule has 0 fully saturated rings. The van der Waals surface area contributed by atoms with Crippen LogP contribution in [0.1, 0.15) is 0 Å². The van der Waals surface area contributed by atoms with Crippen LogP contribution < -0.4 is 20.1 Å². The van der Waals surface area contributed by atoms with Crippen LogP contribution in [0.15, 0.2) is 48.7 Å². The van der Waals surface area contributed by atoms with Gasteiger partial charge in [-0.15, -0.1) is 0 Å². The molecule has 0 radical (unpaired) electrons. The molecule has 1 aromatic heterocycles. The molecule has 26 heavy (non-hydrogen) atoms. The lowest BCUT2D eigenvalue weighted by molar-refractivity contribution is 0.395. The lowest BCUT2D eigenvalue weighted by atomic mass is 10.2. The monoisotopic (exact) mass is 390 g/mol. The highest BCUT2D eigenvalue weighted by Crippen LogP contribution is 2.31. The van der Waals surface area contributed by atoms with E-state index in [4.69, 9.17) is 32.7 Å². The van der Waals surface area contributed by atoms with Crippen molar-refractivity contribution >= 4 is 46.3 Å². The van der Waals surface area contributed by atoms with E-state index in [9.17, 15) is 0 Å². The quantitative estimate of drug-likeness (QED) is 0.595. The van der Waals surface area contributed by atoms with E-state index < -0.39 is 0 Å². The van der Waals surface area contributed by atoms with E-state index in [2.05, 4.69) is 20.6 Å². The van der Waals surface area contributed by atoms with Crippen LogP contribution in [0.5, 0.6) is 11.5 Å². The number of halogens is 2. The molecule has 3 rings (SSSR count). The van der Waals surface area contributed by atoms with Gasteiger partial charge in [-0.3, -0.25) is 0 Å². The minimum atomic E-state index is 0.400. The van der Waals surface area contributed by atoms with Gasteiger partial charge in [-0.05, 0) is 36.4 Å². The van der Waals surface area contributed by atoms with Crippen LogP contribution in [0.25, 0.3) is 0 Å². The Morgan fingerprint density at radius 3 is 2.50 bits per heavy atom. The van der Waals surface area contributed by atoms with E-state index in [0.29, 0.717) is 44.7 Å². The molecule has 6 nitrogen and oxygen atoms in total. The number of nitrogens with one attached hydrogen (secondary N) is 2. The summed E-state index contributed by atoms with van der Waals surface area (Å²) >= 11 is 12.2. The SMILES string of the molecule is COc1ccc(Nc2nccc(Nc3cc(Cl)ccc3Cl)n2)c(OC)c1. The second-order valence-corrected chi connectivity index (χ2v) is 6.05. The first-order chi connectivity index (χ1) is 12.6. The predicted octanol–water partition coefficient (Wildman–Crippen LogP) is 5.29. The maximum absolute atomic E-state index is 6.18. The zero-order valence-corrected chi connectivity index (χ0v) is 15.6. The third-order valence-corrected chi connectivity index (χ3v) is 4.07. The Labute approximate surface area is 161 Å². The standard InChI is InChI=1S/C18H16Cl2N4O2/c1-25-12-4-6-14(16(10-12)26-2)23-18-21-8-7-17(24-18)22-15-9-11(19)3-5-13(15)20/h3-10H,1-2H3,(H2,21,22,23,24). The number of rotatable bonds is 6. The van der Waals surface area contributed by atoms with Crippen molar-refractivity contribution in [1.29, 1.82) is 0 Å². The van der Waals surface area contributed by atoms with E-state index in [1.807, 2.05) is 12.1 Å². The number of ether oxygens (including phenoxy) is 2. The van der Waals surface area contributed by atoms with E-state index in [0.717, 1.165) is 0 Å². The molecule has 0 amide bonds. The van der Waals surface area contributed by atoms with E-state index in [-0.39, 0.29) is 0 Å². The molecule has 1 heterocycles. The lowest BCUT2D eigenvalue weighted by Gasteiger charge is -2.13. The molecule has 2 N–H and O–H groups in total. The van der Waals surface area contributed by atoms with Gasteiger partial charge in [0.2, 0.25) is 5.95 Å². The molecule has 0 atom stereocenters. The number of hydrogen-bond acceptors (Lipinski definition) is 6. The zero-order valence-electron chi connectivity index (χ0n) is 14.1. The molecule has 2 aromatic carbocycles. The first kappa shape index (κ1) is 18.1. The van der Waals surface area contributed by atoms with Crippen molar-refractivity contribution < 1.29 is 9.47 Å². The minimum absolute atomic E-state index is 0.400. The third-order valence-electron chi connectivity index (χ3n) is 3.50. The molecular weight excluding hydrogens is 375 g/mol. The van der Waals surface area contributed by atoms with Crippen molar-refractivity contribution in [2.45, 2.75) is 0 Å². The molecule has 0 aliphatic heterocycles. The first-order valence-electron chi connectivity index (χ1n) is 7.63. The summed E-state index contributed by atoms with van der Waals surface area (Å²) in [5.41, 5.74) is 1.37. The minimum Gasteiger partial charge on any atom is -0.497 e. The van der Waals surface area contributed by atoms with E-state index in [1.54, 1.807) is 50.7 Å². The zero-order chi connectivity index (χ0) is 18.5. The summed E-state index contributed by atoms with van der Waals surface area (Å²) in [7, 11) is 3.18. The molecule has 0 unspecified atom stereocenters. The highest BCUT2D eigenvalue weighted by molar-refractivity contribution is 6.35. The molecule has 134 valence electrons. The van der Waals surface area contributed by atoms with Crippen molar-refractivity contribution in [2.24, 2.45) is 0 Å². The summed E-state index contributed by atoms with van der Waals surface area (Å²) < 4.78 is 10.6. The maximum Gasteiger partial charge on any atom is 0.229 e. The number of nitrogens with zero attached hydrogens (tertiary/aromatic N) is 2. The van der Waals surface area contributed by atoms with Crippen LogP contribution in [0.4, 0.5) is 23.1 Å². The fourth-order valence-corrected chi connectivity index (χ4v) is 2.58. The Hall–Kier alpha value is -2.70. The first-order valence-corrected chi connectivity index (χ1v) is 8.39. The number of hydrogen-bond donors (Lipinski definition) is 2. The number of benzene rings is 2. The largest absolute Gasteiger partial charge is 0.497 e. The average molecular weight is 391 g/mol.